The lowest BCUT2D eigenvalue weighted by molar-refractivity contribution is -0.122. The highest BCUT2D eigenvalue weighted by Gasteiger charge is 2.28. The van der Waals surface area contributed by atoms with Crippen molar-refractivity contribution in [3.63, 3.8) is 0 Å². The Bertz CT molecular complexity index is 152. The molecule has 1 aliphatic carbocycles. The lowest BCUT2D eigenvalue weighted by atomic mass is 10.1. The predicted octanol–water partition coefficient (Wildman–Crippen LogP) is 1.95. The van der Waals surface area contributed by atoms with Gasteiger partial charge in [0.2, 0.25) is 5.91 Å². The Kier molecular flexibility index (Phi) is 3.57. The van der Waals surface area contributed by atoms with Gasteiger partial charge in [-0.25, -0.2) is 0 Å². The average molecular weight is 169 g/mol. The van der Waals surface area contributed by atoms with Crippen LogP contribution in [0.2, 0.25) is 0 Å². The van der Waals surface area contributed by atoms with Crippen LogP contribution >= 0.6 is 0 Å². The molecule has 1 atom stereocenters. The lowest BCUT2D eigenvalue weighted by Crippen LogP contribution is -2.26. The number of nitrogens with one attached hydrogen (secondary N) is 1. The van der Waals surface area contributed by atoms with Crippen LogP contribution in [0.4, 0.5) is 0 Å². The number of carbonyl (C=O) groups excluding carboxylic acids is 1. The molecule has 1 aliphatic rings. The average Bonchev–Trinajstić information content (AvgIpc) is 2.86. The molecule has 0 heterocycles. The van der Waals surface area contributed by atoms with Gasteiger partial charge in [-0.3, -0.25) is 4.79 Å². The third-order valence-electron chi connectivity index (χ3n) is 2.58. The number of amides is 1. The normalized spacial score (nSPS) is 18.8. The molecule has 12 heavy (non-hydrogen) atoms. The van der Waals surface area contributed by atoms with Crippen LogP contribution in [0.3, 0.4) is 0 Å². The molecule has 2 nitrogen and oxygen atoms in total. The van der Waals surface area contributed by atoms with E-state index in [0.29, 0.717) is 5.92 Å². The van der Waals surface area contributed by atoms with E-state index in [1.54, 1.807) is 0 Å². The zero-order chi connectivity index (χ0) is 8.97. The van der Waals surface area contributed by atoms with Gasteiger partial charge in [0.05, 0.1) is 0 Å². The minimum atomic E-state index is 0.276. The summed E-state index contributed by atoms with van der Waals surface area (Å²) in [5.74, 6) is 1.38. The van der Waals surface area contributed by atoms with Crippen molar-refractivity contribution in [2.24, 2.45) is 11.8 Å². The first-order valence-corrected chi connectivity index (χ1v) is 5.01. The van der Waals surface area contributed by atoms with E-state index in [4.69, 9.17) is 0 Å². The fourth-order valence-corrected chi connectivity index (χ4v) is 1.14. The molecule has 1 fully saturated rings. The maximum Gasteiger partial charge on any atom is 0.223 e. The molecule has 1 amide bonds. The van der Waals surface area contributed by atoms with Crippen LogP contribution in [0.1, 0.15) is 39.5 Å². The summed E-state index contributed by atoms with van der Waals surface area (Å²) in [6.45, 7) is 5.28. The Hall–Kier alpha value is -0.530. The summed E-state index contributed by atoms with van der Waals surface area (Å²) in [7, 11) is 0. The van der Waals surface area contributed by atoms with Crippen molar-refractivity contribution in [3.8, 4) is 0 Å². The molecule has 1 unspecified atom stereocenters. The molecule has 0 saturated heterocycles. The first kappa shape index (κ1) is 9.56. The molecule has 2 heteroatoms. The summed E-state index contributed by atoms with van der Waals surface area (Å²) in [5, 5.41) is 2.97. The summed E-state index contributed by atoms with van der Waals surface area (Å²) in [4.78, 5) is 11.2. The third-order valence-corrected chi connectivity index (χ3v) is 2.58. The van der Waals surface area contributed by atoms with E-state index < -0.39 is 0 Å². The summed E-state index contributed by atoms with van der Waals surface area (Å²) >= 11 is 0. The Labute approximate surface area is 74.7 Å². The summed E-state index contributed by atoms with van der Waals surface area (Å²) in [6.07, 6.45) is 4.54. The second kappa shape index (κ2) is 4.48. The standard InChI is InChI=1S/C10H19NO/c1-3-8(2)6-7-11-10(12)9-4-5-9/h8-9H,3-7H2,1-2H3,(H,11,12). The highest BCUT2D eigenvalue weighted by molar-refractivity contribution is 5.80. The quantitative estimate of drug-likeness (QED) is 0.669. The zero-order valence-electron chi connectivity index (χ0n) is 8.10. The van der Waals surface area contributed by atoms with Gasteiger partial charge >= 0.3 is 0 Å². The van der Waals surface area contributed by atoms with E-state index in [1.165, 1.54) is 6.42 Å². The van der Waals surface area contributed by atoms with Gasteiger partial charge in [-0.1, -0.05) is 20.3 Å². The Morgan fingerprint density at radius 2 is 2.25 bits per heavy atom. The van der Waals surface area contributed by atoms with Crippen LogP contribution in [0.25, 0.3) is 0 Å². The third kappa shape index (κ3) is 3.24. The molecular formula is C10H19NO. The van der Waals surface area contributed by atoms with Gasteiger partial charge in [0.1, 0.15) is 0 Å². The predicted molar refractivity (Wildman–Crippen MR) is 49.8 cm³/mol. The van der Waals surface area contributed by atoms with Gasteiger partial charge in [0, 0.05) is 12.5 Å². The van der Waals surface area contributed by atoms with Crippen molar-refractivity contribution in [2.75, 3.05) is 6.54 Å². The van der Waals surface area contributed by atoms with E-state index in [-0.39, 0.29) is 5.91 Å². The number of hydrogen-bond donors (Lipinski definition) is 1. The van der Waals surface area contributed by atoms with E-state index in [2.05, 4.69) is 19.2 Å². The lowest BCUT2D eigenvalue weighted by Gasteiger charge is -2.08. The Morgan fingerprint density at radius 3 is 2.75 bits per heavy atom. The summed E-state index contributed by atoms with van der Waals surface area (Å²) in [5.41, 5.74) is 0. The first-order chi connectivity index (χ1) is 5.74. The molecule has 0 aromatic heterocycles. The SMILES string of the molecule is CCC(C)CCNC(=O)C1CC1. The molecule has 0 spiro atoms. The van der Waals surface area contributed by atoms with Crippen molar-refractivity contribution in [1.82, 2.24) is 5.32 Å². The van der Waals surface area contributed by atoms with Crippen LogP contribution in [0, 0.1) is 11.8 Å². The maximum atomic E-state index is 11.2. The van der Waals surface area contributed by atoms with E-state index in [9.17, 15) is 4.79 Å². The minimum Gasteiger partial charge on any atom is -0.356 e. The highest BCUT2D eigenvalue weighted by atomic mass is 16.2. The Morgan fingerprint density at radius 1 is 1.58 bits per heavy atom. The van der Waals surface area contributed by atoms with E-state index in [1.807, 2.05) is 0 Å². The molecule has 1 saturated carbocycles. The van der Waals surface area contributed by atoms with E-state index >= 15 is 0 Å². The molecule has 1 rings (SSSR count). The van der Waals surface area contributed by atoms with Crippen LogP contribution in [-0.4, -0.2) is 12.5 Å². The topological polar surface area (TPSA) is 29.1 Å². The van der Waals surface area contributed by atoms with Crippen LogP contribution in [0.15, 0.2) is 0 Å². The smallest absolute Gasteiger partial charge is 0.223 e. The number of carbonyl (C=O) groups is 1. The summed E-state index contributed by atoms with van der Waals surface area (Å²) in [6, 6.07) is 0. The summed E-state index contributed by atoms with van der Waals surface area (Å²) < 4.78 is 0. The van der Waals surface area contributed by atoms with Gasteiger partial charge in [0.25, 0.3) is 0 Å². The van der Waals surface area contributed by atoms with Crippen LogP contribution < -0.4 is 5.32 Å². The molecule has 70 valence electrons. The molecule has 0 radical (unpaired) electrons. The van der Waals surface area contributed by atoms with Crippen molar-refractivity contribution in [2.45, 2.75) is 39.5 Å². The highest BCUT2D eigenvalue weighted by Crippen LogP contribution is 2.28. The molecule has 0 aromatic carbocycles. The first-order valence-electron chi connectivity index (χ1n) is 5.01. The second-order valence-corrected chi connectivity index (χ2v) is 3.87. The van der Waals surface area contributed by atoms with Gasteiger partial charge < -0.3 is 5.32 Å². The van der Waals surface area contributed by atoms with Crippen molar-refractivity contribution in [1.29, 1.82) is 0 Å². The molecular weight excluding hydrogens is 150 g/mol. The zero-order valence-corrected chi connectivity index (χ0v) is 8.10. The van der Waals surface area contributed by atoms with Crippen molar-refractivity contribution < 1.29 is 4.79 Å². The largest absolute Gasteiger partial charge is 0.356 e. The van der Waals surface area contributed by atoms with Gasteiger partial charge in [-0.2, -0.15) is 0 Å². The molecule has 0 bridgehead atoms. The van der Waals surface area contributed by atoms with E-state index in [0.717, 1.165) is 31.7 Å². The van der Waals surface area contributed by atoms with Crippen molar-refractivity contribution in [3.05, 3.63) is 0 Å². The monoisotopic (exact) mass is 169 g/mol. The van der Waals surface area contributed by atoms with Crippen molar-refractivity contribution >= 4 is 5.91 Å². The minimum absolute atomic E-state index is 0.276. The van der Waals surface area contributed by atoms with Gasteiger partial charge in [-0.05, 0) is 25.2 Å². The molecule has 1 N–H and O–H groups in total. The Balaban J connectivity index is 1.97. The van der Waals surface area contributed by atoms with Gasteiger partial charge in [0.15, 0.2) is 0 Å². The number of rotatable bonds is 5. The second-order valence-electron chi connectivity index (χ2n) is 3.87. The fourth-order valence-electron chi connectivity index (χ4n) is 1.14. The molecule has 0 aliphatic heterocycles. The van der Waals surface area contributed by atoms with Gasteiger partial charge in [-0.15, -0.1) is 0 Å². The number of hydrogen-bond acceptors (Lipinski definition) is 1. The maximum absolute atomic E-state index is 11.2. The molecule has 0 aromatic rings. The van der Waals surface area contributed by atoms with Crippen LogP contribution in [0.5, 0.6) is 0 Å². The van der Waals surface area contributed by atoms with Crippen LogP contribution in [-0.2, 0) is 4.79 Å². The fraction of sp³-hybridized carbons (Fsp3) is 0.900.